The van der Waals surface area contributed by atoms with Crippen LogP contribution < -0.4 is 21.2 Å². The predicted octanol–water partition coefficient (Wildman–Crippen LogP) is -1.73. The second-order valence-corrected chi connectivity index (χ2v) is 5.37. The number of hydrogen-bond acceptors (Lipinski definition) is 3. The van der Waals surface area contributed by atoms with E-state index >= 15 is 0 Å². The van der Waals surface area contributed by atoms with Gasteiger partial charge in [0.2, 0.25) is 0 Å². The summed E-state index contributed by atoms with van der Waals surface area (Å²) >= 11 is 0.241. The summed E-state index contributed by atoms with van der Waals surface area (Å²) in [5.41, 5.74) is 0.135. The molecule has 12 heavy (non-hydrogen) atoms. The van der Waals surface area contributed by atoms with Gasteiger partial charge in [-0.15, -0.1) is 0 Å². The van der Waals surface area contributed by atoms with Crippen molar-refractivity contribution in [1.29, 1.82) is 0 Å². The van der Waals surface area contributed by atoms with Gasteiger partial charge in [-0.3, -0.25) is 0 Å². The molecule has 1 aliphatic rings. The molecule has 1 rings (SSSR count). The van der Waals surface area contributed by atoms with Crippen molar-refractivity contribution in [2.75, 3.05) is 22.6 Å². The zero-order valence-electron chi connectivity index (χ0n) is 7.43. The Morgan fingerprint density at radius 2 is 2.08 bits per heavy atom. The van der Waals surface area contributed by atoms with Gasteiger partial charge < -0.3 is 0 Å². The number of cyclic esters (lactones) is 2. The average Bonchev–Trinajstić information content (AvgIpc) is 2.10. The van der Waals surface area contributed by atoms with Gasteiger partial charge in [0.15, 0.2) is 0 Å². The van der Waals surface area contributed by atoms with Crippen LogP contribution in [-0.2, 0) is 9.47 Å². The fourth-order valence-electron chi connectivity index (χ4n) is 1.17. The van der Waals surface area contributed by atoms with Gasteiger partial charge in [0.1, 0.15) is 0 Å². The van der Waals surface area contributed by atoms with E-state index in [-0.39, 0.29) is 26.6 Å². The van der Waals surface area contributed by atoms with E-state index in [0.717, 1.165) is 6.42 Å². The van der Waals surface area contributed by atoms with Gasteiger partial charge in [-0.1, -0.05) is 0 Å². The maximum absolute atomic E-state index is 10.6. The minimum atomic E-state index is -0.506. The topological polar surface area (TPSA) is 35.5 Å². The van der Waals surface area contributed by atoms with Crippen molar-refractivity contribution in [3.63, 3.8) is 0 Å². The monoisotopic (exact) mass is 285 g/mol. The first kappa shape index (κ1) is 10.1. The third-order valence-corrected chi connectivity index (χ3v) is 4.54. The van der Waals surface area contributed by atoms with Crippen molar-refractivity contribution in [1.82, 2.24) is 0 Å². The van der Waals surface area contributed by atoms with Crippen molar-refractivity contribution in [3.05, 3.63) is 0 Å². The molecule has 0 aromatic heterocycles. The predicted molar refractivity (Wildman–Crippen MR) is 40.8 cm³/mol. The first-order valence-electron chi connectivity index (χ1n) is 3.96. The second kappa shape index (κ2) is 4.30. The zero-order valence-corrected chi connectivity index (χ0v) is 9.59. The molecule has 0 bridgehead atoms. The summed E-state index contributed by atoms with van der Waals surface area (Å²) in [5, 5.41) is 0. The van der Waals surface area contributed by atoms with Crippen LogP contribution >= 0.6 is 0 Å². The van der Waals surface area contributed by atoms with Crippen molar-refractivity contribution in [2.24, 2.45) is 5.41 Å². The molecule has 0 radical (unpaired) electrons. The molecule has 0 saturated carbocycles. The fraction of sp³-hybridized carbons (Fsp3) is 0.875. The molecule has 1 saturated heterocycles. The molecule has 72 valence electrons. The number of hydrogen-bond donors (Lipinski definition) is 0. The van der Waals surface area contributed by atoms with Crippen LogP contribution in [0.5, 0.6) is 0 Å². The van der Waals surface area contributed by atoms with Crippen LogP contribution in [0.15, 0.2) is 0 Å². The van der Waals surface area contributed by atoms with Crippen molar-refractivity contribution < 1.29 is 35.5 Å². The number of alkyl halides is 2. The number of halogens is 1. The number of carbonyl (C=O) groups excluding carboxylic acids is 1. The van der Waals surface area contributed by atoms with E-state index in [1.807, 2.05) is 0 Å². The van der Waals surface area contributed by atoms with Gasteiger partial charge >= 0.3 is 83.0 Å². The molecule has 0 spiro atoms. The summed E-state index contributed by atoms with van der Waals surface area (Å²) < 4.78 is 11.0. The normalized spacial score (nSPS) is 21.7. The van der Waals surface area contributed by atoms with Crippen LogP contribution in [0.2, 0.25) is 0 Å². The molecule has 3 nitrogen and oxygen atoms in total. The van der Waals surface area contributed by atoms with E-state index in [1.54, 1.807) is 0 Å². The first-order chi connectivity index (χ1) is 5.72. The maximum atomic E-state index is 10.6. The molecule has 0 amide bonds. The molecular formula is C8H14IO3-. The molecule has 0 aromatic rings. The summed E-state index contributed by atoms with van der Waals surface area (Å²) in [7, 11) is 0. The molecular weight excluding hydrogens is 271 g/mol. The average molecular weight is 285 g/mol. The SMILES string of the molecule is CCC1(C[I-]C)COC(=O)OC1. The van der Waals surface area contributed by atoms with Crippen LogP contribution in [0, 0.1) is 5.41 Å². The third-order valence-electron chi connectivity index (χ3n) is 2.16. The molecule has 0 unspecified atom stereocenters. The van der Waals surface area contributed by atoms with E-state index in [2.05, 4.69) is 11.9 Å². The molecule has 0 aromatic carbocycles. The first-order valence-corrected chi connectivity index (χ1v) is 7.64. The summed E-state index contributed by atoms with van der Waals surface area (Å²) in [5.74, 6) is 0. The Morgan fingerprint density at radius 3 is 2.50 bits per heavy atom. The Balaban J connectivity index is 2.50. The van der Waals surface area contributed by atoms with Crippen LogP contribution in [0.1, 0.15) is 13.3 Å². The molecule has 1 aliphatic heterocycles. The Bertz CT molecular complexity index is 160. The zero-order chi connectivity index (χ0) is 9.03. The standard InChI is InChI=1S/C8H14IO3/c1-3-8(4-9-2)5-11-7(10)12-6-8/h3-6H2,1-2H3/q-1. The minimum absolute atomic E-state index is 0.135. The number of rotatable bonds is 3. The van der Waals surface area contributed by atoms with Gasteiger partial charge in [0.05, 0.1) is 0 Å². The van der Waals surface area contributed by atoms with Gasteiger partial charge in [0.25, 0.3) is 0 Å². The summed E-state index contributed by atoms with van der Waals surface area (Å²) in [6.07, 6.45) is 0.529. The van der Waals surface area contributed by atoms with Crippen LogP contribution in [0.3, 0.4) is 0 Å². The molecule has 0 atom stereocenters. The van der Waals surface area contributed by atoms with Crippen molar-refractivity contribution in [3.8, 4) is 0 Å². The molecule has 4 heteroatoms. The van der Waals surface area contributed by atoms with Gasteiger partial charge in [-0.05, 0) is 0 Å². The molecule has 1 fully saturated rings. The van der Waals surface area contributed by atoms with E-state index in [0.29, 0.717) is 13.2 Å². The summed E-state index contributed by atoms with van der Waals surface area (Å²) in [6.45, 7) is 3.23. The van der Waals surface area contributed by atoms with E-state index < -0.39 is 6.16 Å². The third kappa shape index (κ3) is 2.24. The molecule has 0 N–H and O–H groups in total. The van der Waals surface area contributed by atoms with Crippen molar-refractivity contribution in [2.45, 2.75) is 13.3 Å². The number of carbonyl (C=O) groups is 1. The van der Waals surface area contributed by atoms with Crippen LogP contribution in [0.25, 0.3) is 0 Å². The molecule has 0 aliphatic carbocycles. The Hall–Kier alpha value is 0. The van der Waals surface area contributed by atoms with E-state index in [9.17, 15) is 4.79 Å². The Morgan fingerprint density at radius 1 is 1.50 bits per heavy atom. The Kier molecular flexibility index (Phi) is 3.61. The van der Waals surface area contributed by atoms with Crippen molar-refractivity contribution >= 4 is 6.16 Å². The summed E-state index contributed by atoms with van der Waals surface area (Å²) in [4.78, 5) is 12.9. The quantitative estimate of drug-likeness (QED) is 0.351. The van der Waals surface area contributed by atoms with Gasteiger partial charge in [-0.2, -0.15) is 0 Å². The number of ether oxygens (including phenoxy) is 2. The van der Waals surface area contributed by atoms with Crippen LogP contribution in [0.4, 0.5) is 4.79 Å². The molecule has 1 heterocycles. The second-order valence-electron chi connectivity index (χ2n) is 3.08. The fourth-order valence-corrected chi connectivity index (χ4v) is 3.76. The van der Waals surface area contributed by atoms with Crippen LogP contribution in [-0.4, -0.2) is 28.7 Å². The Labute approximate surface area is 83.1 Å². The summed E-state index contributed by atoms with van der Waals surface area (Å²) in [6, 6.07) is 0. The van der Waals surface area contributed by atoms with Gasteiger partial charge in [0, 0.05) is 0 Å². The van der Waals surface area contributed by atoms with E-state index in [4.69, 9.17) is 9.47 Å². The van der Waals surface area contributed by atoms with Gasteiger partial charge in [-0.25, -0.2) is 0 Å². The van der Waals surface area contributed by atoms with E-state index in [1.165, 1.54) is 4.43 Å².